The lowest BCUT2D eigenvalue weighted by atomic mass is 9.98. The van der Waals surface area contributed by atoms with Crippen molar-refractivity contribution in [1.82, 2.24) is 10.4 Å². The van der Waals surface area contributed by atoms with Gasteiger partial charge in [0, 0.05) is 24.8 Å². The van der Waals surface area contributed by atoms with E-state index in [4.69, 9.17) is 11.7 Å². The summed E-state index contributed by atoms with van der Waals surface area (Å²) in [5, 5.41) is 13.2. The van der Waals surface area contributed by atoms with Gasteiger partial charge >= 0.3 is 5.97 Å². The summed E-state index contributed by atoms with van der Waals surface area (Å²) < 4.78 is 0. The van der Waals surface area contributed by atoms with Gasteiger partial charge in [0.15, 0.2) is 5.84 Å². The number of hydrazone groups is 1. The van der Waals surface area contributed by atoms with Crippen LogP contribution in [0.5, 0.6) is 0 Å². The van der Waals surface area contributed by atoms with Crippen LogP contribution in [0.2, 0.25) is 0 Å². The van der Waals surface area contributed by atoms with Gasteiger partial charge in [0.25, 0.3) is 0 Å². The molecule has 0 aliphatic heterocycles. The number of amidine groups is 1. The number of nitrogens with two attached hydrogens (primary N) is 2. The van der Waals surface area contributed by atoms with Crippen LogP contribution in [0.25, 0.3) is 11.1 Å². The van der Waals surface area contributed by atoms with Gasteiger partial charge in [-0.1, -0.05) is 55.5 Å². The van der Waals surface area contributed by atoms with Crippen molar-refractivity contribution < 1.29 is 9.90 Å². The monoisotopic (exact) mass is 418 g/mol. The summed E-state index contributed by atoms with van der Waals surface area (Å²) in [5.74, 6) is 10.9. The maximum atomic E-state index is 11.6. The Morgan fingerprint density at radius 3 is 2.45 bits per heavy atom. The van der Waals surface area contributed by atoms with E-state index in [1.807, 2.05) is 53.4 Å². The number of benzene rings is 2. The minimum absolute atomic E-state index is 0.199. The number of hydrogen-bond acceptors (Lipinski definition) is 6. The van der Waals surface area contributed by atoms with E-state index in [-0.39, 0.29) is 5.56 Å². The molecule has 0 atom stereocenters. The van der Waals surface area contributed by atoms with Crippen LogP contribution in [0.4, 0.5) is 5.82 Å². The van der Waals surface area contributed by atoms with Gasteiger partial charge in [-0.15, -0.1) is 0 Å². The zero-order valence-electron chi connectivity index (χ0n) is 17.3. The van der Waals surface area contributed by atoms with E-state index >= 15 is 0 Å². The Morgan fingerprint density at radius 2 is 1.81 bits per heavy atom. The van der Waals surface area contributed by atoms with Gasteiger partial charge < -0.3 is 21.3 Å². The summed E-state index contributed by atoms with van der Waals surface area (Å²) in [4.78, 5) is 17.9. The second-order valence-corrected chi connectivity index (χ2v) is 6.97. The molecule has 1 heterocycles. The molecule has 0 aliphatic rings. The quantitative estimate of drug-likeness (QED) is 0.191. The molecule has 8 heteroatoms. The number of anilines is 1. The van der Waals surface area contributed by atoms with Crippen LogP contribution in [-0.4, -0.2) is 28.4 Å². The number of carboxylic acid groups (broad SMARTS) is 1. The highest BCUT2D eigenvalue weighted by molar-refractivity contribution is 6.04. The minimum atomic E-state index is -0.984. The predicted octanol–water partition coefficient (Wildman–Crippen LogP) is 2.95. The summed E-state index contributed by atoms with van der Waals surface area (Å²) in [6.45, 7) is 3.30. The fraction of sp³-hybridized carbons (Fsp3) is 0.174. The van der Waals surface area contributed by atoms with Crippen molar-refractivity contribution in [2.45, 2.75) is 19.9 Å². The molecule has 0 fully saturated rings. The number of carboxylic acids is 1. The van der Waals surface area contributed by atoms with E-state index < -0.39 is 5.97 Å². The van der Waals surface area contributed by atoms with Crippen LogP contribution in [0.3, 0.4) is 0 Å². The Bertz CT molecular complexity index is 1070. The van der Waals surface area contributed by atoms with Crippen LogP contribution in [0, 0.1) is 0 Å². The fourth-order valence-corrected chi connectivity index (χ4v) is 3.48. The average Bonchev–Trinajstić information content (AvgIpc) is 2.80. The van der Waals surface area contributed by atoms with Gasteiger partial charge in [-0.2, -0.15) is 5.10 Å². The first-order chi connectivity index (χ1) is 15.1. The second kappa shape index (κ2) is 10.2. The van der Waals surface area contributed by atoms with E-state index in [9.17, 15) is 9.90 Å². The zero-order valence-corrected chi connectivity index (χ0v) is 17.3. The van der Waals surface area contributed by atoms with Crippen LogP contribution < -0.4 is 22.0 Å². The molecule has 6 N–H and O–H groups in total. The molecule has 0 unspecified atom stereocenters. The SMILES string of the molecule is CCCN(Cc1ccc(-c2ccccc2/C(=N/N)NN)cc1)c1ncccc1C(=O)O. The third kappa shape index (κ3) is 4.99. The second-order valence-electron chi connectivity index (χ2n) is 6.97. The number of nitrogens with zero attached hydrogens (tertiary/aromatic N) is 3. The molecular formula is C23H26N6O2. The van der Waals surface area contributed by atoms with E-state index in [1.54, 1.807) is 18.3 Å². The van der Waals surface area contributed by atoms with Gasteiger partial charge in [-0.05, 0) is 35.2 Å². The number of pyridine rings is 1. The molecule has 31 heavy (non-hydrogen) atoms. The first kappa shape index (κ1) is 21.8. The number of nitrogens with one attached hydrogen (secondary N) is 1. The molecule has 0 saturated carbocycles. The molecule has 160 valence electrons. The summed E-state index contributed by atoms with van der Waals surface area (Å²) >= 11 is 0. The molecule has 1 aromatic heterocycles. The smallest absolute Gasteiger partial charge is 0.339 e. The number of aromatic carboxylic acids is 1. The Kier molecular flexibility index (Phi) is 7.18. The lowest BCUT2D eigenvalue weighted by molar-refractivity contribution is 0.0697. The summed E-state index contributed by atoms with van der Waals surface area (Å²) in [7, 11) is 0. The number of aromatic nitrogens is 1. The average molecular weight is 419 g/mol. The lowest BCUT2D eigenvalue weighted by Crippen LogP contribution is -2.32. The highest BCUT2D eigenvalue weighted by atomic mass is 16.4. The molecule has 0 spiro atoms. The molecule has 0 aliphatic carbocycles. The third-order valence-electron chi connectivity index (χ3n) is 4.90. The minimum Gasteiger partial charge on any atom is -0.478 e. The first-order valence-electron chi connectivity index (χ1n) is 9.95. The van der Waals surface area contributed by atoms with Crippen molar-refractivity contribution in [1.29, 1.82) is 0 Å². The van der Waals surface area contributed by atoms with Crippen molar-refractivity contribution >= 4 is 17.6 Å². The van der Waals surface area contributed by atoms with Gasteiger partial charge in [0.2, 0.25) is 0 Å². The number of carbonyl (C=O) groups is 1. The van der Waals surface area contributed by atoms with E-state index in [0.717, 1.165) is 28.7 Å². The lowest BCUT2D eigenvalue weighted by Gasteiger charge is -2.24. The molecule has 0 saturated heterocycles. The fourth-order valence-electron chi connectivity index (χ4n) is 3.48. The standard InChI is InChI=1S/C23H26N6O2/c1-2-14-29(22-20(23(30)31)8-5-13-26-22)15-16-9-11-17(12-10-16)18-6-3-4-7-19(18)21(27-24)28-25/h3-13H,2,14-15,24-25H2,1H3,(H,27,28)(H,30,31). The molecule has 0 amide bonds. The maximum absolute atomic E-state index is 11.6. The van der Waals surface area contributed by atoms with Crippen molar-refractivity contribution in [2.24, 2.45) is 16.8 Å². The largest absolute Gasteiger partial charge is 0.478 e. The molecular weight excluding hydrogens is 392 g/mol. The number of hydrazine groups is 1. The van der Waals surface area contributed by atoms with Gasteiger partial charge in [-0.25, -0.2) is 15.6 Å². The van der Waals surface area contributed by atoms with Crippen LogP contribution >= 0.6 is 0 Å². The van der Waals surface area contributed by atoms with E-state index in [2.05, 4.69) is 22.4 Å². The summed E-state index contributed by atoms with van der Waals surface area (Å²) in [6.07, 6.45) is 2.49. The molecule has 8 nitrogen and oxygen atoms in total. The van der Waals surface area contributed by atoms with Gasteiger partial charge in [0.1, 0.15) is 11.4 Å². The summed E-state index contributed by atoms with van der Waals surface area (Å²) in [5.41, 5.74) is 6.50. The highest BCUT2D eigenvalue weighted by Gasteiger charge is 2.17. The van der Waals surface area contributed by atoms with Crippen molar-refractivity contribution in [3.8, 4) is 11.1 Å². The van der Waals surface area contributed by atoms with Crippen molar-refractivity contribution in [3.63, 3.8) is 0 Å². The molecule has 2 aromatic carbocycles. The maximum Gasteiger partial charge on any atom is 0.339 e. The molecule has 3 aromatic rings. The third-order valence-corrected chi connectivity index (χ3v) is 4.90. The Hall–Kier alpha value is -3.91. The first-order valence-corrected chi connectivity index (χ1v) is 9.95. The molecule has 3 rings (SSSR count). The zero-order chi connectivity index (χ0) is 22.2. The van der Waals surface area contributed by atoms with Crippen LogP contribution in [-0.2, 0) is 6.54 Å². The number of hydrogen-bond donors (Lipinski definition) is 4. The molecule has 0 bridgehead atoms. The van der Waals surface area contributed by atoms with Crippen molar-refractivity contribution in [2.75, 3.05) is 11.4 Å². The van der Waals surface area contributed by atoms with Crippen LogP contribution in [0.15, 0.2) is 72.0 Å². The highest BCUT2D eigenvalue weighted by Crippen LogP contribution is 2.26. The Labute approximate surface area is 181 Å². The number of rotatable bonds is 8. The van der Waals surface area contributed by atoms with E-state index in [0.29, 0.717) is 24.7 Å². The Balaban J connectivity index is 1.89. The topological polar surface area (TPSA) is 130 Å². The van der Waals surface area contributed by atoms with Gasteiger partial charge in [-0.3, -0.25) is 0 Å². The summed E-state index contributed by atoms with van der Waals surface area (Å²) in [6, 6.07) is 19.0. The molecule has 0 radical (unpaired) electrons. The Morgan fingerprint density at radius 1 is 1.10 bits per heavy atom. The van der Waals surface area contributed by atoms with Crippen LogP contribution in [0.1, 0.15) is 34.8 Å². The van der Waals surface area contributed by atoms with Gasteiger partial charge in [0.05, 0.1) is 0 Å². The normalized spacial score (nSPS) is 11.2. The van der Waals surface area contributed by atoms with Crippen molar-refractivity contribution in [3.05, 3.63) is 83.6 Å². The van der Waals surface area contributed by atoms with E-state index in [1.165, 1.54) is 0 Å². The predicted molar refractivity (Wildman–Crippen MR) is 122 cm³/mol.